The number of halogens is 1. The summed E-state index contributed by atoms with van der Waals surface area (Å²) in [6.45, 7) is 6.86. The minimum Gasteiger partial charge on any atom is -0.461 e. The monoisotopic (exact) mass is 432 g/mol. The molecule has 8 heteroatoms. The van der Waals surface area contributed by atoms with E-state index in [1.807, 2.05) is 50.2 Å². The summed E-state index contributed by atoms with van der Waals surface area (Å²) in [5.41, 5.74) is 10.1. The number of aliphatic hydroxyl groups is 1. The number of esters is 1. The van der Waals surface area contributed by atoms with Crippen molar-refractivity contribution in [2.75, 3.05) is 13.2 Å². The van der Waals surface area contributed by atoms with Crippen LogP contribution in [0.15, 0.2) is 48.7 Å². The van der Waals surface area contributed by atoms with Crippen molar-refractivity contribution in [1.82, 2.24) is 14.8 Å². The lowest BCUT2D eigenvalue weighted by molar-refractivity contribution is 0.0512. The molecular weight excluding hydrogens is 404 g/mol. The van der Waals surface area contributed by atoms with E-state index in [4.69, 9.17) is 10.5 Å². The number of hydrogen-bond acceptors (Lipinski definition) is 6. The number of pyridine rings is 1. The normalized spacial score (nSPS) is 9.90. The molecule has 0 unspecified atom stereocenters. The average Bonchev–Trinajstić information content (AvgIpc) is 3.20. The smallest absolute Gasteiger partial charge is 0.356 e. The highest BCUT2D eigenvalue weighted by Crippen LogP contribution is 2.25. The summed E-state index contributed by atoms with van der Waals surface area (Å²) in [5.74, 6) is -0.418. The minimum atomic E-state index is -0.418. The van der Waals surface area contributed by atoms with E-state index in [1.54, 1.807) is 23.9 Å². The zero-order valence-corrected chi connectivity index (χ0v) is 18.4. The van der Waals surface area contributed by atoms with E-state index in [0.717, 1.165) is 22.4 Å². The molecule has 162 valence electrons. The molecule has 3 rings (SSSR count). The van der Waals surface area contributed by atoms with Gasteiger partial charge < -0.3 is 15.6 Å². The summed E-state index contributed by atoms with van der Waals surface area (Å²) in [6, 6.07) is 13.0. The van der Waals surface area contributed by atoms with E-state index >= 15 is 0 Å². The standard InChI is InChI=1S/C20H22N4O3.C2H6.ClH/c1-2-27-20(26)19-12-18(23-24(19)10-8-21)16-7-9-22-17(11-16)15-5-3-14(13-25)4-6-15;1-2;/h3-7,9,11-12,25H,2,8,10,13,21H2,1H3;1-2H3;1H. The lowest BCUT2D eigenvalue weighted by Gasteiger charge is -2.05. The summed E-state index contributed by atoms with van der Waals surface area (Å²) in [5, 5.41) is 13.7. The Kier molecular flexibility index (Phi) is 10.7. The predicted molar refractivity (Wildman–Crippen MR) is 120 cm³/mol. The van der Waals surface area contributed by atoms with Gasteiger partial charge in [0, 0.05) is 23.9 Å². The summed E-state index contributed by atoms with van der Waals surface area (Å²) in [7, 11) is 0. The van der Waals surface area contributed by atoms with E-state index in [0.29, 0.717) is 31.1 Å². The Balaban J connectivity index is 0.00000146. The molecule has 0 amide bonds. The van der Waals surface area contributed by atoms with E-state index in [9.17, 15) is 9.90 Å². The first-order valence-corrected chi connectivity index (χ1v) is 9.78. The van der Waals surface area contributed by atoms with Crippen LogP contribution in [-0.2, 0) is 17.9 Å². The average molecular weight is 433 g/mol. The number of aromatic nitrogens is 3. The van der Waals surface area contributed by atoms with Gasteiger partial charge in [-0.2, -0.15) is 5.10 Å². The summed E-state index contributed by atoms with van der Waals surface area (Å²) >= 11 is 0. The van der Waals surface area contributed by atoms with Crippen molar-refractivity contribution in [3.8, 4) is 22.5 Å². The zero-order chi connectivity index (χ0) is 21.2. The molecule has 0 aliphatic rings. The van der Waals surface area contributed by atoms with Crippen LogP contribution >= 0.6 is 12.4 Å². The number of benzene rings is 1. The van der Waals surface area contributed by atoms with Crippen LogP contribution < -0.4 is 5.73 Å². The molecule has 0 bridgehead atoms. The predicted octanol–water partition coefficient (Wildman–Crippen LogP) is 3.69. The minimum absolute atomic E-state index is 0. The first-order valence-electron chi connectivity index (χ1n) is 9.78. The van der Waals surface area contributed by atoms with Crippen LogP contribution in [0.3, 0.4) is 0 Å². The van der Waals surface area contributed by atoms with Gasteiger partial charge >= 0.3 is 5.97 Å². The number of ether oxygens (including phenoxy) is 1. The third kappa shape index (κ3) is 6.13. The topological polar surface area (TPSA) is 103 Å². The molecule has 7 nitrogen and oxygen atoms in total. The number of hydrogen-bond donors (Lipinski definition) is 2. The summed E-state index contributed by atoms with van der Waals surface area (Å²) < 4.78 is 6.68. The zero-order valence-electron chi connectivity index (χ0n) is 17.5. The Morgan fingerprint density at radius 2 is 1.80 bits per heavy atom. The number of rotatable bonds is 7. The van der Waals surface area contributed by atoms with Gasteiger partial charge in [0.1, 0.15) is 5.69 Å². The number of nitrogens with two attached hydrogens (primary N) is 1. The van der Waals surface area contributed by atoms with Gasteiger partial charge in [0.15, 0.2) is 0 Å². The maximum absolute atomic E-state index is 12.2. The number of carbonyl (C=O) groups is 1. The molecule has 0 spiro atoms. The third-order valence-corrected chi connectivity index (χ3v) is 4.09. The Hall–Kier alpha value is -2.74. The van der Waals surface area contributed by atoms with Crippen LogP contribution in [0, 0.1) is 0 Å². The number of carbonyl (C=O) groups excluding carboxylic acids is 1. The first-order chi connectivity index (χ1) is 14.2. The molecule has 0 aliphatic carbocycles. The van der Waals surface area contributed by atoms with Gasteiger partial charge in [-0.3, -0.25) is 9.67 Å². The Morgan fingerprint density at radius 3 is 2.40 bits per heavy atom. The molecule has 0 atom stereocenters. The van der Waals surface area contributed by atoms with E-state index in [1.165, 1.54) is 0 Å². The van der Waals surface area contributed by atoms with Crippen molar-refractivity contribution < 1.29 is 14.6 Å². The molecular formula is C22H29ClN4O3. The molecule has 0 fully saturated rings. The molecule has 0 radical (unpaired) electrons. The Bertz CT molecular complexity index is 926. The second-order valence-electron chi connectivity index (χ2n) is 5.93. The Morgan fingerprint density at radius 1 is 1.10 bits per heavy atom. The molecule has 3 aromatic rings. The summed E-state index contributed by atoms with van der Waals surface area (Å²) in [6.07, 6.45) is 1.70. The van der Waals surface area contributed by atoms with Crippen LogP contribution in [0.4, 0.5) is 0 Å². The highest BCUT2D eigenvalue weighted by atomic mass is 35.5. The van der Waals surface area contributed by atoms with Crippen LogP contribution in [0.25, 0.3) is 22.5 Å². The van der Waals surface area contributed by atoms with E-state index < -0.39 is 5.97 Å². The molecule has 3 N–H and O–H groups in total. The van der Waals surface area contributed by atoms with Crippen molar-refractivity contribution in [3.05, 3.63) is 59.9 Å². The van der Waals surface area contributed by atoms with Gasteiger partial charge in [-0.1, -0.05) is 38.1 Å². The highest BCUT2D eigenvalue weighted by Gasteiger charge is 2.17. The van der Waals surface area contributed by atoms with Gasteiger partial charge in [-0.05, 0) is 30.7 Å². The van der Waals surface area contributed by atoms with Gasteiger partial charge in [0.25, 0.3) is 0 Å². The van der Waals surface area contributed by atoms with E-state index in [-0.39, 0.29) is 19.0 Å². The van der Waals surface area contributed by atoms with Gasteiger partial charge in [0.05, 0.1) is 31.1 Å². The number of aliphatic hydroxyl groups excluding tert-OH is 1. The SMILES string of the molecule is CC.CCOC(=O)c1cc(-c2ccnc(-c3ccc(CO)cc3)c2)nn1CCN.Cl. The maximum atomic E-state index is 12.2. The lowest BCUT2D eigenvalue weighted by Crippen LogP contribution is -2.17. The molecule has 0 saturated carbocycles. The van der Waals surface area contributed by atoms with Crippen LogP contribution in [0.2, 0.25) is 0 Å². The molecule has 0 aliphatic heterocycles. The van der Waals surface area contributed by atoms with Crippen molar-refractivity contribution in [3.63, 3.8) is 0 Å². The van der Waals surface area contributed by atoms with E-state index in [2.05, 4.69) is 10.1 Å². The Labute approximate surface area is 183 Å². The third-order valence-electron chi connectivity index (χ3n) is 4.09. The van der Waals surface area contributed by atoms with Gasteiger partial charge in [-0.15, -0.1) is 12.4 Å². The van der Waals surface area contributed by atoms with Crippen LogP contribution in [-0.4, -0.2) is 39.0 Å². The fourth-order valence-electron chi connectivity index (χ4n) is 2.75. The number of nitrogens with zero attached hydrogens (tertiary/aromatic N) is 3. The van der Waals surface area contributed by atoms with Gasteiger partial charge in [0.2, 0.25) is 0 Å². The molecule has 1 aromatic carbocycles. The lowest BCUT2D eigenvalue weighted by atomic mass is 10.1. The largest absolute Gasteiger partial charge is 0.461 e. The highest BCUT2D eigenvalue weighted by molar-refractivity contribution is 5.89. The molecule has 2 aromatic heterocycles. The van der Waals surface area contributed by atoms with Crippen molar-refractivity contribution in [2.45, 2.75) is 33.9 Å². The molecule has 0 saturated heterocycles. The molecule has 2 heterocycles. The molecule has 30 heavy (non-hydrogen) atoms. The quantitative estimate of drug-likeness (QED) is 0.552. The first kappa shape index (κ1) is 25.3. The summed E-state index contributed by atoms with van der Waals surface area (Å²) in [4.78, 5) is 16.6. The second kappa shape index (κ2) is 12.7. The van der Waals surface area contributed by atoms with Crippen molar-refractivity contribution >= 4 is 18.4 Å². The fourth-order valence-corrected chi connectivity index (χ4v) is 2.75. The van der Waals surface area contributed by atoms with Crippen LogP contribution in [0.1, 0.15) is 36.8 Å². The fraction of sp³-hybridized carbons (Fsp3) is 0.318. The second-order valence-corrected chi connectivity index (χ2v) is 5.93. The van der Waals surface area contributed by atoms with Crippen molar-refractivity contribution in [1.29, 1.82) is 0 Å². The maximum Gasteiger partial charge on any atom is 0.356 e. The van der Waals surface area contributed by atoms with Crippen molar-refractivity contribution in [2.24, 2.45) is 5.73 Å². The van der Waals surface area contributed by atoms with Gasteiger partial charge in [-0.25, -0.2) is 4.79 Å². The van der Waals surface area contributed by atoms with Crippen LogP contribution in [0.5, 0.6) is 0 Å².